The fourth-order valence-electron chi connectivity index (χ4n) is 4.40. The fraction of sp³-hybridized carbons (Fsp3) is 0. The van der Waals surface area contributed by atoms with E-state index < -0.39 is 248 Å². The highest BCUT2D eigenvalue weighted by Gasteiger charge is 2.15. The zero-order valence-corrected chi connectivity index (χ0v) is 21.9. The van der Waals surface area contributed by atoms with E-state index in [0.717, 1.165) is 0 Å². The third kappa shape index (κ3) is 4.63. The molecule has 1 aromatic heterocycles. The highest BCUT2D eigenvalue weighted by atomic mass is 15.1. The molecule has 44 heavy (non-hydrogen) atoms. The van der Waals surface area contributed by atoms with E-state index >= 15 is 0 Å². The molecule has 2 nitrogen and oxygen atoms in total. The normalized spacial score (nSPS) is 20.7. The van der Waals surface area contributed by atoms with Gasteiger partial charge in [-0.15, -0.1) is 0 Å². The smallest absolute Gasteiger partial charge is 0.0651 e. The van der Waals surface area contributed by atoms with Gasteiger partial charge in [0.25, 0.3) is 0 Å². The number of benzene rings is 7. The maximum atomic E-state index is 9.60. The lowest BCUT2D eigenvalue weighted by atomic mass is 10.0. The van der Waals surface area contributed by atoms with Gasteiger partial charge in [0, 0.05) is 33.5 Å². The maximum Gasteiger partial charge on any atom is 0.0651 e. The molecule has 0 saturated carbocycles. The van der Waals surface area contributed by atoms with Crippen molar-refractivity contribution in [2.45, 2.75) is 0 Å². The van der Waals surface area contributed by atoms with Gasteiger partial charge >= 0.3 is 0 Å². The molecule has 0 saturated heterocycles. The Morgan fingerprint density at radius 3 is 1.66 bits per heavy atom. The average Bonchev–Trinajstić information content (AvgIpc) is 3.72. The predicted molar refractivity (Wildman–Crippen MR) is 186 cm³/mol. The second-order valence-corrected chi connectivity index (χ2v) is 8.76. The molecule has 8 rings (SSSR count). The first-order valence-corrected chi connectivity index (χ1v) is 12.6. The van der Waals surface area contributed by atoms with Crippen LogP contribution in [-0.2, 0) is 0 Å². The molecular formula is C42H30N2. The van der Waals surface area contributed by atoms with Crippen LogP contribution in [0.4, 0.5) is 17.1 Å². The summed E-state index contributed by atoms with van der Waals surface area (Å²) in [6, 6.07) is -31.2. The molecule has 0 aliphatic heterocycles. The lowest BCUT2D eigenvalue weighted by Crippen LogP contribution is -2.09. The minimum Gasteiger partial charge on any atom is -0.310 e. The summed E-state index contributed by atoms with van der Waals surface area (Å²) in [5.41, 5.74) is -9.08. The summed E-state index contributed by atoms with van der Waals surface area (Å²) in [5.74, 6) is 0. The standard InChI is InChI=1S/C42H30N2/c1-4-13-31(14-5-1)33-15-12-20-38(29-33)43(35-16-6-2-7-17-35)37-26-23-32(24-27-37)34-25-28-42-40(30-34)39-21-10-11-22-41(39)44(42)36-18-8-3-9-19-36/h1-30H/i1D,2D,3D,4D,5D,6D,7D,8D,9D,10D,11D,12D,13D,14D,15D,16D,17D,18D,19D,20D,21D,22D,23D,24D,25D,26D,27D,28D,29D,30D. The zero-order valence-electron chi connectivity index (χ0n) is 51.9. The van der Waals surface area contributed by atoms with Gasteiger partial charge in [-0.25, -0.2) is 0 Å². The molecule has 1 heterocycles. The maximum absolute atomic E-state index is 9.60. The van der Waals surface area contributed by atoms with Gasteiger partial charge in [-0.05, 0) is 88.7 Å². The highest BCUT2D eigenvalue weighted by Crippen LogP contribution is 2.39. The topological polar surface area (TPSA) is 8.17 Å². The van der Waals surface area contributed by atoms with Crippen molar-refractivity contribution in [2.24, 2.45) is 0 Å². The second kappa shape index (κ2) is 11.1. The van der Waals surface area contributed by atoms with Gasteiger partial charge in [0.05, 0.1) is 52.2 Å². The molecule has 0 atom stereocenters. The van der Waals surface area contributed by atoms with Gasteiger partial charge in [-0.1, -0.05) is 115 Å². The van der Waals surface area contributed by atoms with Gasteiger partial charge in [0.1, 0.15) is 0 Å². The lowest BCUT2D eigenvalue weighted by Gasteiger charge is -2.26. The molecule has 0 aliphatic carbocycles. The van der Waals surface area contributed by atoms with E-state index in [4.69, 9.17) is 30.2 Å². The van der Waals surface area contributed by atoms with Crippen molar-refractivity contribution in [3.05, 3.63) is 181 Å². The largest absolute Gasteiger partial charge is 0.310 e. The molecule has 0 spiro atoms. The van der Waals surface area contributed by atoms with Crippen LogP contribution >= 0.6 is 0 Å². The molecule has 0 bridgehead atoms. The predicted octanol–water partition coefficient (Wildman–Crippen LogP) is 11.6. The van der Waals surface area contributed by atoms with Crippen molar-refractivity contribution in [1.29, 1.82) is 0 Å². The summed E-state index contributed by atoms with van der Waals surface area (Å²) in [6.07, 6.45) is 0. The number of aromatic nitrogens is 1. The molecule has 0 fully saturated rings. The molecule has 0 radical (unpaired) electrons. The Bertz CT molecular complexity index is 3800. The number of hydrogen-bond donors (Lipinski definition) is 0. The molecule has 0 N–H and O–H groups in total. The molecule has 8 aromatic rings. The SMILES string of the molecule is [2H]c1c([2H])c([2H])c(-c2c([2H])c([2H])c([2H])c(N(c3c([2H])c([2H])c([2H])c([2H])c3[2H])c3c([2H])c([2H])c(-c4c([2H])c([2H])c5c(c4[2H])c4c([2H])c([2H])c([2H])c([2H])c4n5-c4c([2H])c([2H])c([2H])c([2H])c4[2H])c([2H])c3[2H])c2[2H])c([2H])c1[2H]. The van der Waals surface area contributed by atoms with Gasteiger partial charge in [-0.3, -0.25) is 0 Å². The van der Waals surface area contributed by atoms with Gasteiger partial charge in [-0.2, -0.15) is 0 Å². The summed E-state index contributed by atoms with van der Waals surface area (Å²) in [6.45, 7) is 0. The molecule has 208 valence electrons. The molecule has 7 aromatic carbocycles. The van der Waals surface area contributed by atoms with E-state index in [1.807, 2.05) is 0 Å². The van der Waals surface area contributed by atoms with E-state index in [1.54, 1.807) is 0 Å². The van der Waals surface area contributed by atoms with Crippen LogP contribution in [0.25, 0.3) is 49.7 Å². The minimum absolute atomic E-state index is 0.318. The monoisotopic (exact) mass is 592 g/mol. The van der Waals surface area contributed by atoms with Crippen LogP contribution < -0.4 is 4.90 Å². The van der Waals surface area contributed by atoms with Crippen molar-refractivity contribution in [3.63, 3.8) is 0 Å². The summed E-state index contributed by atoms with van der Waals surface area (Å²) < 4.78 is 265. The van der Waals surface area contributed by atoms with Crippen molar-refractivity contribution >= 4 is 38.9 Å². The number of rotatable bonds is 6. The zero-order chi connectivity index (χ0) is 55.4. The second-order valence-electron chi connectivity index (χ2n) is 8.76. The number of hydrogen-bond acceptors (Lipinski definition) is 1. The van der Waals surface area contributed by atoms with E-state index in [1.165, 1.54) is 0 Å². The highest BCUT2D eigenvalue weighted by molar-refractivity contribution is 6.10. The van der Waals surface area contributed by atoms with Crippen LogP contribution in [0, 0.1) is 0 Å². The van der Waals surface area contributed by atoms with Crippen molar-refractivity contribution in [2.75, 3.05) is 4.90 Å². The molecular weight excluding hydrogens is 532 g/mol. The number of fused-ring (bicyclic) bond motifs is 3. The van der Waals surface area contributed by atoms with E-state index in [-0.39, 0.29) is 0 Å². The Balaban J connectivity index is 1.56. The minimum atomic E-state index is -1.29. The van der Waals surface area contributed by atoms with Gasteiger partial charge in [0.15, 0.2) is 0 Å². The summed E-state index contributed by atoms with van der Waals surface area (Å²) in [7, 11) is 0. The quantitative estimate of drug-likeness (QED) is 0.186. The van der Waals surface area contributed by atoms with Crippen molar-refractivity contribution < 1.29 is 41.1 Å². The third-order valence-corrected chi connectivity index (χ3v) is 6.25. The first kappa shape index (κ1) is 9.32. The Kier molecular flexibility index (Phi) is 2.35. The van der Waals surface area contributed by atoms with Crippen LogP contribution in [-0.4, -0.2) is 4.57 Å². The summed E-state index contributed by atoms with van der Waals surface area (Å²) in [5, 5.41) is -1.24. The summed E-state index contributed by atoms with van der Waals surface area (Å²) >= 11 is 0. The number of anilines is 3. The Morgan fingerprint density at radius 2 is 0.886 bits per heavy atom. The van der Waals surface area contributed by atoms with Gasteiger partial charge < -0.3 is 9.47 Å². The Morgan fingerprint density at radius 1 is 0.364 bits per heavy atom. The van der Waals surface area contributed by atoms with Crippen LogP contribution in [0.1, 0.15) is 41.1 Å². The van der Waals surface area contributed by atoms with Crippen LogP contribution in [0.5, 0.6) is 0 Å². The fourth-order valence-corrected chi connectivity index (χ4v) is 4.40. The van der Waals surface area contributed by atoms with Crippen LogP contribution in [0.15, 0.2) is 181 Å². The first-order valence-electron chi connectivity index (χ1n) is 27.6. The lowest BCUT2D eigenvalue weighted by molar-refractivity contribution is 1.18. The van der Waals surface area contributed by atoms with Crippen LogP contribution in [0.3, 0.4) is 0 Å². The number of nitrogens with zero attached hydrogens (tertiary/aromatic N) is 2. The van der Waals surface area contributed by atoms with E-state index in [9.17, 15) is 11.0 Å². The molecule has 0 unspecified atom stereocenters. The van der Waals surface area contributed by atoms with Crippen LogP contribution in [0.2, 0.25) is 0 Å². The number of para-hydroxylation sites is 3. The molecule has 2 heteroatoms. The Hall–Kier alpha value is -5.86. The molecule has 0 amide bonds. The molecule has 0 aliphatic rings. The summed E-state index contributed by atoms with van der Waals surface area (Å²) in [4.78, 5) is 0.318. The van der Waals surface area contributed by atoms with Crippen molar-refractivity contribution in [3.8, 4) is 27.9 Å². The third-order valence-electron chi connectivity index (χ3n) is 6.25. The van der Waals surface area contributed by atoms with Crippen molar-refractivity contribution in [1.82, 2.24) is 4.57 Å². The average molecular weight is 593 g/mol. The van der Waals surface area contributed by atoms with E-state index in [2.05, 4.69) is 0 Å². The first-order chi connectivity index (χ1) is 34.3. The van der Waals surface area contributed by atoms with E-state index in [0.29, 0.717) is 9.47 Å². The Labute approximate surface area is 299 Å². The van der Waals surface area contributed by atoms with Gasteiger partial charge in [0.2, 0.25) is 0 Å².